The van der Waals surface area contributed by atoms with E-state index in [2.05, 4.69) is 5.32 Å². The molecule has 0 amide bonds. The van der Waals surface area contributed by atoms with Gasteiger partial charge in [-0.05, 0) is 0 Å². The van der Waals surface area contributed by atoms with Crippen LogP contribution in [0.1, 0.15) is 6.42 Å². The van der Waals surface area contributed by atoms with Gasteiger partial charge in [0.15, 0.2) is 0 Å². The average molecular weight is 163 g/mol. The third-order valence-corrected chi connectivity index (χ3v) is 2.65. The van der Waals surface area contributed by atoms with Gasteiger partial charge in [-0.25, -0.2) is 8.78 Å². The van der Waals surface area contributed by atoms with Crippen molar-refractivity contribution < 1.29 is 13.5 Å². The first kappa shape index (κ1) is 7.43. The van der Waals surface area contributed by atoms with Crippen molar-refractivity contribution in [2.45, 2.75) is 24.4 Å². The summed E-state index contributed by atoms with van der Waals surface area (Å²) in [6.07, 6.45) is 0.0404. The molecule has 1 saturated carbocycles. The molecule has 0 spiro atoms. The predicted molar refractivity (Wildman–Crippen MR) is 35.6 cm³/mol. The Morgan fingerprint density at radius 3 is 2.73 bits per heavy atom. The first-order valence-corrected chi connectivity index (χ1v) is 3.78. The molecular formula is C7H11F2NO. The Hall–Kier alpha value is -0.220. The summed E-state index contributed by atoms with van der Waals surface area (Å²) in [4.78, 5) is 0. The van der Waals surface area contributed by atoms with Crippen LogP contribution in [0, 0.1) is 5.92 Å². The van der Waals surface area contributed by atoms with Crippen LogP contribution in [-0.2, 0) is 4.74 Å². The summed E-state index contributed by atoms with van der Waals surface area (Å²) in [6, 6.07) is -0.382. The Labute approximate surface area is 63.9 Å². The average Bonchev–Trinajstić information content (AvgIpc) is 1.93. The minimum Gasteiger partial charge on any atom is -0.383 e. The summed E-state index contributed by atoms with van der Waals surface area (Å²) in [6.45, 7) is 0.553. The quantitative estimate of drug-likeness (QED) is 0.644. The van der Waals surface area contributed by atoms with Gasteiger partial charge >= 0.3 is 0 Å². The van der Waals surface area contributed by atoms with Gasteiger partial charge in [-0.15, -0.1) is 0 Å². The Kier molecular flexibility index (Phi) is 1.44. The fourth-order valence-corrected chi connectivity index (χ4v) is 1.92. The number of hydrogen-bond acceptors (Lipinski definition) is 2. The Morgan fingerprint density at radius 1 is 1.64 bits per heavy atom. The zero-order valence-corrected chi connectivity index (χ0v) is 6.31. The molecule has 1 heterocycles. The van der Waals surface area contributed by atoms with Crippen LogP contribution in [0.4, 0.5) is 8.78 Å². The van der Waals surface area contributed by atoms with Gasteiger partial charge in [-0.1, -0.05) is 0 Å². The van der Waals surface area contributed by atoms with Crippen LogP contribution in [0.15, 0.2) is 0 Å². The minimum atomic E-state index is -2.45. The second-order valence-electron chi connectivity index (χ2n) is 3.34. The molecule has 3 unspecified atom stereocenters. The van der Waals surface area contributed by atoms with Crippen LogP contribution in [0.2, 0.25) is 0 Å². The van der Waals surface area contributed by atoms with E-state index in [0.717, 1.165) is 0 Å². The van der Waals surface area contributed by atoms with Gasteiger partial charge in [0.2, 0.25) is 0 Å². The molecule has 0 aromatic heterocycles. The van der Waals surface area contributed by atoms with Crippen LogP contribution in [0.25, 0.3) is 0 Å². The molecule has 64 valence electrons. The van der Waals surface area contributed by atoms with Crippen LogP contribution >= 0.6 is 0 Å². The fraction of sp³-hybridized carbons (Fsp3) is 1.00. The zero-order valence-electron chi connectivity index (χ0n) is 6.31. The van der Waals surface area contributed by atoms with E-state index in [1.165, 1.54) is 0 Å². The molecule has 2 aliphatic rings. The molecule has 1 aliphatic heterocycles. The summed E-state index contributed by atoms with van der Waals surface area (Å²) in [5, 5.41) is 2.80. The third kappa shape index (κ3) is 0.891. The van der Waals surface area contributed by atoms with Gasteiger partial charge in [-0.2, -0.15) is 0 Å². The van der Waals surface area contributed by atoms with E-state index in [-0.39, 0.29) is 18.4 Å². The Bertz CT molecular complexity index is 174. The zero-order chi connectivity index (χ0) is 8.06. The smallest absolute Gasteiger partial charge is 0.263 e. The van der Waals surface area contributed by atoms with E-state index in [0.29, 0.717) is 6.61 Å². The Balaban J connectivity index is 1.84. The van der Waals surface area contributed by atoms with Gasteiger partial charge in [-0.3, -0.25) is 0 Å². The molecule has 0 radical (unpaired) electrons. The standard InChI is InChI=1S/C7H11F2NO/c1-11-3-5-4-2-7(8,9)6(4)10-5/h4-6,10H,2-3H2,1H3. The van der Waals surface area contributed by atoms with Crippen LogP contribution < -0.4 is 5.32 Å². The number of hydrogen-bond donors (Lipinski definition) is 1. The highest BCUT2D eigenvalue weighted by molar-refractivity contribution is 5.14. The summed E-state index contributed by atoms with van der Waals surface area (Å²) in [7, 11) is 1.59. The molecule has 2 fully saturated rings. The number of fused-ring (bicyclic) bond motifs is 1. The molecule has 0 aromatic carbocycles. The molecule has 1 saturated heterocycles. The molecule has 4 heteroatoms. The highest BCUT2D eigenvalue weighted by atomic mass is 19.3. The van der Waals surface area contributed by atoms with Crippen molar-refractivity contribution in [2.24, 2.45) is 5.92 Å². The lowest BCUT2D eigenvalue weighted by Crippen LogP contribution is -2.77. The molecule has 2 rings (SSSR count). The highest BCUT2D eigenvalue weighted by Crippen LogP contribution is 2.50. The van der Waals surface area contributed by atoms with E-state index >= 15 is 0 Å². The first-order chi connectivity index (χ1) is 5.15. The highest BCUT2D eigenvalue weighted by Gasteiger charge is 2.64. The normalized spacial score (nSPS) is 45.5. The molecule has 1 N–H and O–H groups in total. The van der Waals surface area contributed by atoms with Gasteiger partial charge in [0, 0.05) is 25.5 Å². The topological polar surface area (TPSA) is 21.3 Å². The monoisotopic (exact) mass is 163 g/mol. The van der Waals surface area contributed by atoms with E-state index in [1.807, 2.05) is 0 Å². The summed E-state index contributed by atoms with van der Waals surface area (Å²) in [5.74, 6) is -2.29. The molecular weight excluding hydrogens is 152 g/mol. The number of piperidine rings is 1. The van der Waals surface area contributed by atoms with E-state index in [4.69, 9.17) is 4.74 Å². The molecule has 0 bridgehead atoms. The summed E-state index contributed by atoms with van der Waals surface area (Å²) in [5.41, 5.74) is 0. The molecule has 2 nitrogen and oxygen atoms in total. The molecule has 1 aliphatic carbocycles. The van der Waals surface area contributed by atoms with Crippen molar-refractivity contribution in [3.05, 3.63) is 0 Å². The fourth-order valence-electron chi connectivity index (χ4n) is 1.92. The van der Waals surface area contributed by atoms with Crippen LogP contribution in [-0.4, -0.2) is 31.7 Å². The van der Waals surface area contributed by atoms with Gasteiger partial charge in [0.05, 0.1) is 12.6 Å². The number of nitrogens with one attached hydrogen (secondary N) is 1. The predicted octanol–water partition coefficient (Wildman–Crippen LogP) is 0.628. The van der Waals surface area contributed by atoms with Crippen molar-refractivity contribution in [3.63, 3.8) is 0 Å². The van der Waals surface area contributed by atoms with Gasteiger partial charge < -0.3 is 10.1 Å². The van der Waals surface area contributed by atoms with Crippen molar-refractivity contribution >= 4 is 0 Å². The lowest BCUT2D eigenvalue weighted by molar-refractivity contribution is -0.207. The maximum Gasteiger partial charge on any atom is 0.263 e. The number of halogens is 2. The van der Waals surface area contributed by atoms with Crippen molar-refractivity contribution in [1.82, 2.24) is 5.32 Å². The maximum atomic E-state index is 12.5. The number of rotatable bonds is 2. The third-order valence-electron chi connectivity index (χ3n) is 2.65. The van der Waals surface area contributed by atoms with Crippen molar-refractivity contribution in [2.75, 3.05) is 13.7 Å². The van der Waals surface area contributed by atoms with Crippen molar-refractivity contribution in [1.29, 1.82) is 0 Å². The second kappa shape index (κ2) is 2.14. The molecule has 11 heavy (non-hydrogen) atoms. The molecule has 0 aromatic rings. The number of alkyl halides is 2. The second-order valence-corrected chi connectivity index (χ2v) is 3.34. The van der Waals surface area contributed by atoms with Crippen molar-refractivity contribution in [3.8, 4) is 0 Å². The largest absolute Gasteiger partial charge is 0.383 e. The Morgan fingerprint density at radius 2 is 2.36 bits per heavy atom. The van der Waals surface area contributed by atoms with E-state index in [1.54, 1.807) is 7.11 Å². The lowest BCUT2D eigenvalue weighted by Gasteiger charge is -2.58. The summed E-state index contributed by atoms with van der Waals surface area (Å²) < 4.78 is 29.9. The first-order valence-electron chi connectivity index (χ1n) is 3.78. The van der Waals surface area contributed by atoms with Crippen LogP contribution in [0.3, 0.4) is 0 Å². The SMILES string of the molecule is COCC1NC2C1CC2(F)F. The lowest BCUT2D eigenvalue weighted by atomic mass is 9.65. The van der Waals surface area contributed by atoms with Gasteiger partial charge in [0.1, 0.15) is 0 Å². The van der Waals surface area contributed by atoms with Gasteiger partial charge in [0.25, 0.3) is 5.92 Å². The minimum absolute atomic E-state index is 0.0404. The van der Waals surface area contributed by atoms with Crippen LogP contribution in [0.5, 0.6) is 0 Å². The number of methoxy groups -OCH3 is 1. The van der Waals surface area contributed by atoms with E-state index in [9.17, 15) is 8.78 Å². The molecule has 3 atom stereocenters. The van der Waals surface area contributed by atoms with E-state index < -0.39 is 12.0 Å². The maximum absolute atomic E-state index is 12.5. The summed E-state index contributed by atoms with van der Waals surface area (Å²) >= 11 is 0. The number of ether oxygens (including phenoxy) is 1.